The summed E-state index contributed by atoms with van der Waals surface area (Å²) in [6.07, 6.45) is 0.954. The number of pyridine rings is 1. The molecule has 0 bridgehead atoms. The van der Waals surface area contributed by atoms with E-state index in [1.807, 2.05) is 25.1 Å². The van der Waals surface area contributed by atoms with Crippen LogP contribution in [0.4, 0.5) is 5.82 Å². The topological polar surface area (TPSA) is 151 Å². The Balaban J connectivity index is 1.64. The molecule has 0 spiro atoms. The molecule has 1 aliphatic rings. The summed E-state index contributed by atoms with van der Waals surface area (Å²) in [5, 5.41) is 34.5. The molecule has 0 saturated carbocycles. The Bertz CT molecular complexity index is 1040. The molecule has 0 radical (unpaired) electrons. The molecule has 152 valence electrons. The Labute approximate surface area is 165 Å². The van der Waals surface area contributed by atoms with E-state index in [0.717, 1.165) is 5.69 Å². The Morgan fingerprint density at radius 2 is 2.10 bits per heavy atom. The summed E-state index contributed by atoms with van der Waals surface area (Å²) in [5.41, 5.74) is 3.74. The van der Waals surface area contributed by atoms with Crippen molar-refractivity contribution in [1.29, 1.82) is 0 Å². The van der Waals surface area contributed by atoms with Crippen LogP contribution in [0.1, 0.15) is 25.8 Å². The number of hydrogen-bond acceptors (Lipinski definition) is 10. The molecule has 1 saturated heterocycles. The molecule has 1 fully saturated rings. The lowest BCUT2D eigenvalue weighted by Crippen LogP contribution is -2.43. The van der Waals surface area contributed by atoms with Gasteiger partial charge in [0.05, 0.1) is 24.3 Å². The summed E-state index contributed by atoms with van der Waals surface area (Å²) in [5.74, 6) is 0.363. The zero-order valence-electron chi connectivity index (χ0n) is 15.8. The first-order valence-electron chi connectivity index (χ1n) is 8.98. The Kier molecular flexibility index (Phi) is 4.96. The smallest absolute Gasteiger partial charge is 0.177 e. The van der Waals surface area contributed by atoms with Crippen LogP contribution in [0.5, 0.6) is 0 Å². The molecule has 0 aliphatic carbocycles. The van der Waals surface area contributed by atoms with E-state index in [9.17, 15) is 15.3 Å². The highest BCUT2D eigenvalue weighted by atomic mass is 16.6. The van der Waals surface area contributed by atoms with Crippen LogP contribution < -0.4 is 5.43 Å². The second-order valence-corrected chi connectivity index (χ2v) is 6.98. The van der Waals surface area contributed by atoms with Gasteiger partial charge in [0.1, 0.15) is 24.1 Å². The van der Waals surface area contributed by atoms with E-state index in [4.69, 9.17) is 4.74 Å². The summed E-state index contributed by atoms with van der Waals surface area (Å²) in [7, 11) is 0. The number of ether oxygens (including phenoxy) is 1. The van der Waals surface area contributed by atoms with Crippen molar-refractivity contribution >= 4 is 22.7 Å². The maximum Gasteiger partial charge on any atom is 0.177 e. The average molecular weight is 399 g/mol. The minimum Gasteiger partial charge on any atom is -0.393 e. The van der Waals surface area contributed by atoms with E-state index in [1.54, 1.807) is 6.20 Å². The van der Waals surface area contributed by atoms with Gasteiger partial charge in [-0.2, -0.15) is 5.10 Å². The molecule has 0 aromatic carbocycles. The fourth-order valence-electron chi connectivity index (χ4n) is 3.18. The third-order valence-electron chi connectivity index (χ3n) is 4.94. The standard InChI is InChI=1S/C18H21N7O4/c1-10(11-5-3-4-6-19-11)23-24-15-12-16(21-8-20-15)25(9-22-12)17-13(27)14(28)18(2,7-26)29-17/h3-6,8-9,13-14,17,26-28H,7H2,1-2H3,(H,20,21,24)/b23-10+/t13-,14+,17-,18-/m1/s1. The van der Waals surface area contributed by atoms with Gasteiger partial charge in [-0.3, -0.25) is 15.0 Å². The monoisotopic (exact) mass is 399 g/mol. The van der Waals surface area contributed by atoms with Crippen molar-refractivity contribution in [2.24, 2.45) is 5.10 Å². The highest BCUT2D eigenvalue weighted by Gasteiger charge is 2.52. The number of fused-ring (bicyclic) bond motifs is 1. The number of anilines is 1. The zero-order chi connectivity index (χ0) is 20.6. The number of aliphatic hydroxyl groups is 3. The SMILES string of the molecule is C/C(=N\Nc1ncnc2c1ncn2[C@@H]1O[C@](C)(CO)[C@@H](O)[C@H]1O)c1ccccn1. The molecule has 0 amide bonds. The van der Waals surface area contributed by atoms with E-state index < -0.39 is 30.6 Å². The minimum atomic E-state index is -1.29. The molecule has 11 nitrogen and oxygen atoms in total. The third-order valence-corrected chi connectivity index (χ3v) is 4.94. The van der Waals surface area contributed by atoms with Gasteiger partial charge in [-0.05, 0) is 26.0 Å². The highest BCUT2D eigenvalue weighted by Crippen LogP contribution is 2.38. The molecule has 4 N–H and O–H groups in total. The zero-order valence-corrected chi connectivity index (χ0v) is 15.8. The molecule has 4 atom stereocenters. The van der Waals surface area contributed by atoms with Gasteiger partial charge in [-0.1, -0.05) is 6.07 Å². The van der Waals surface area contributed by atoms with Gasteiger partial charge in [0.2, 0.25) is 0 Å². The van der Waals surface area contributed by atoms with Gasteiger partial charge in [-0.15, -0.1) is 0 Å². The Morgan fingerprint density at radius 1 is 1.28 bits per heavy atom. The number of hydrazone groups is 1. The van der Waals surface area contributed by atoms with Crippen LogP contribution in [0, 0.1) is 0 Å². The maximum absolute atomic E-state index is 10.4. The van der Waals surface area contributed by atoms with Crippen LogP contribution in [0.15, 0.2) is 42.2 Å². The van der Waals surface area contributed by atoms with Crippen molar-refractivity contribution < 1.29 is 20.1 Å². The normalized spacial score (nSPS) is 27.5. The lowest BCUT2D eigenvalue weighted by atomic mass is 9.99. The molecular weight excluding hydrogens is 378 g/mol. The Hall–Kier alpha value is -2.99. The first-order valence-corrected chi connectivity index (χ1v) is 8.98. The van der Waals surface area contributed by atoms with Gasteiger partial charge in [0, 0.05) is 6.20 Å². The van der Waals surface area contributed by atoms with E-state index in [2.05, 4.69) is 30.5 Å². The van der Waals surface area contributed by atoms with Crippen molar-refractivity contribution in [1.82, 2.24) is 24.5 Å². The quantitative estimate of drug-likeness (QED) is 0.345. The number of hydrogen-bond donors (Lipinski definition) is 4. The van der Waals surface area contributed by atoms with E-state index in [1.165, 1.54) is 24.1 Å². The van der Waals surface area contributed by atoms with Crippen molar-refractivity contribution in [3.05, 3.63) is 42.7 Å². The molecule has 4 heterocycles. The highest BCUT2D eigenvalue weighted by molar-refractivity contribution is 5.97. The summed E-state index contributed by atoms with van der Waals surface area (Å²) < 4.78 is 7.22. The molecule has 3 aromatic heterocycles. The van der Waals surface area contributed by atoms with E-state index in [0.29, 0.717) is 22.7 Å². The summed E-state index contributed by atoms with van der Waals surface area (Å²) >= 11 is 0. The number of nitrogens with one attached hydrogen (secondary N) is 1. The second-order valence-electron chi connectivity index (χ2n) is 6.98. The lowest BCUT2D eigenvalue weighted by Gasteiger charge is -2.24. The van der Waals surface area contributed by atoms with Crippen LogP contribution in [0.3, 0.4) is 0 Å². The second kappa shape index (κ2) is 7.44. The summed E-state index contributed by atoms with van der Waals surface area (Å²) in [6.45, 7) is 2.89. The van der Waals surface area contributed by atoms with Gasteiger partial charge in [-0.25, -0.2) is 15.0 Å². The fraction of sp³-hybridized carbons (Fsp3) is 0.389. The molecule has 29 heavy (non-hydrogen) atoms. The van der Waals surface area contributed by atoms with Gasteiger partial charge in [0.15, 0.2) is 23.2 Å². The molecule has 3 aromatic rings. The minimum absolute atomic E-state index is 0.363. The van der Waals surface area contributed by atoms with Crippen LogP contribution in [-0.2, 0) is 4.74 Å². The predicted molar refractivity (Wildman–Crippen MR) is 103 cm³/mol. The molecule has 11 heteroatoms. The van der Waals surface area contributed by atoms with Crippen molar-refractivity contribution in [3.8, 4) is 0 Å². The number of imidazole rings is 1. The van der Waals surface area contributed by atoms with E-state index >= 15 is 0 Å². The predicted octanol–water partition coefficient (Wildman–Crippen LogP) is 0.0590. The number of nitrogens with zero attached hydrogens (tertiary/aromatic N) is 6. The number of rotatable bonds is 5. The fourth-order valence-corrected chi connectivity index (χ4v) is 3.18. The van der Waals surface area contributed by atoms with Gasteiger partial charge < -0.3 is 20.1 Å². The Morgan fingerprint density at radius 3 is 2.79 bits per heavy atom. The third kappa shape index (κ3) is 3.34. The van der Waals surface area contributed by atoms with Crippen molar-refractivity contribution in [2.45, 2.75) is 37.9 Å². The molecule has 1 aliphatic heterocycles. The summed E-state index contributed by atoms with van der Waals surface area (Å²) in [6, 6.07) is 5.53. The van der Waals surface area contributed by atoms with Crippen LogP contribution in [-0.4, -0.2) is 70.0 Å². The van der Waals surface area contributed by atoms with Crippen LogP contribution in [0.2, 0.25) is 0 Å². The largest absolute Gasteiger partial charge is 0.393 e. The van der Waals surface area contributed by atoms with Crippen molar-refractivity contribution in [3.63, 3.8) is 0 Å². The van der Waals surface area contributed by atoms with Gasteiger partial charge in [0.25, 0.3) is 0 Å². The lowest BCUT2D eigenvalue weighted by molar-refractivity contribution is -0.115. The summed E-state index contributed by atoms with van der Waals surface area (Å²) in [4.78, 5) is 16.9. The van der Waals surface area contributed by atoms with Gasteiger partial charge >= 0.3 is 0 Å². The number of aromatic nitrogens is 5. The van der Waals surface area contributed by atoms with Crippen LogP contribution >= 0.6 is 0 Å². The first kappa shape index (κ1) is 19.3. The number of aliphatic hydroxyl groups excluding tert-OH is 3. The first-order chi connectivity index (χ1) is 13.9. The molecule has 0 unspecified atom stereocenters. The van der Waals surface area contributed by atoms with E-state index in [-0.39, 0.29) is 0 Å². The maximum atomic E-state index is 10.4. The molecular formula is C18H21N7O4. The average Bonchev–Trinajstić information content (AvgIpc) is 3.28. The van der Waals surface area contributed by atoms with Crippen molar-refractivity contribution in [2.75, 3.05) is 12.0 Å². The molecule has 4 rings (SSSR count). The van der Waals surface area contributed by atoms with Crippen LogP contribution in [0.25, 0.3) is 11.2 Å².